The van der Waals surface area contributed by atoms with Gasteiger partial charge in [-0.25, -0.2) is 4.79 Å². The number of ketones is 1. The van der Waals surface area contributed by atoms with E-state index in [0.717, 1.165) is 5.70 Å². The largest absolute Gasteiger partial charge is 0.478 e. The van der Waals surface area contributed by atoms with Crippen molar-refractivity contribution in [2.75, 3.05) is 19.8 Å². The number of carboxylic acids is 1. The van der Waals surface area contributed by atoms with Gasteiger partial charge in [-0.05, 0) is 23.5 Å². The Morgan fingerprint density at radius 3 is 2.71 bits per heavy atom. The summed E-state index contributed by atoms with van der Waals surface area (Å²) in [7, 11) is 0. The summed E-state index contributed by atoms with van der Waals surface area (Å²) in [6, 6.07) is 7.06. The highest BCUT2D eigenvalue weighted by molar-refractivity contribution is 6.31. The molecule has 1 aromatic carbocycles. The first kappa shape index (κ1) is 20.6. The van der Waals surface area contributed by atoms with Gasteiger partial charge < -0.3 is 20.9 Å². The lowest BCUT2D eigenvalue weighted by Gasteiger charge is -2.39. The highest BCUT2D eigenvalue weighted by Gasteiger charge is 2.43. The van der Waals surface area contributed by atoms with E-state index in [1.807, 2.05) is 13.8 Å². The highest BCUT2D eigenvalue weighted by atomic mass is 35.5. The lowest BCUT2D eigenvalue weighted by atomic mass is 9.68. The van der Waals surface area contributed by atoms with Crippen LogP contribution in [0.25, 0.3) is 0 Å². The molecule has 150 valence electrons. The predicted octanol–water partition coefficient (Wildman–Crippen LogP) is 2.98. The van der Waals surface area contributed by atoms with Crippen molar-refractivity contribution < 1.29 is 19.4 Å². The molecular formula is C21H25ClN2O4. The number of carbonyl (C=O) groups excluding carboxylic acids is 1. The van der Waals surface area contributed by atoms with Crippen molar-refractivity contribution in [1.82, 2.24) is 5.32 Å². The molecule has 4 N–H and O–H groups in total. The number of dihydropyridines is 1. The minimum absolute atomic E-state index is 0.0515. The molecule has 7 heteroatoms. The molecule has 2 aliphatic rings. The lowest BCUT2D eigenvalue weighted by molar-refractivity contribution is -0.133. The standard InChI is InChI=1S/C21H25ClN2O4/c1-21(2)9-14-18(16(25)10-21)17(12-5-3-4-6-13(12)22)19(20(26)27)15(24-14)11-28-8-7-23/h3-6,17,24H,7-11,23H2,1-2H3,(H,26,27). The van der Waals surface area contributed by atoms with Gasteiger partial charge in [-0.3, -0.25) is 4.79 Å². The van der Waals surface area contributed by atoms with Crippen LogP contribution < -0.4 is 11.1 Å². The Labute approximate surface area is 169 Å². The summed E-state index contributed by atoms with van der Waals surface area (Å²) in [5.41, 5.74) is 7.67. The highest BCUT2D eigenvalue weighted by Crippen LogP contribution is 2.47. The third-order valence-electron chi connectivity index (χ3n) is 5.08. The zero-order chi connectivity index (χ0) is 20.5. The Balaban J connectivity index is 2.18. The molecule has 3 rings (SSSR count). The molecule has 6 nitrogen and oxygen atoms in total. The molecule has 28 heavy (non-hydrogen) atoms. The summed E-state index contributed by atoms with van der Waals surface area (Å²) in [5, 5.41) is 13.6. The van der Waals surface area contributed by atoms with Gasteiger partial charge in [0.05, 0.1) is 24.5 Å². The van der Waals surface area contributed by atoms with Gasteiger partial charge in [0.2, 0.25) is 0 Å². The zero-order valence-corrected chi connectivity index (χ0v) is 16.8. The molecule has 0 bridgehead atoms. The normalized spacial score (nSPS) is 21.4. The Morgan fingerprint density at radius 2 is 2.07 bits per heavy atom. The second-order valence-electron chi connectivity index (χ2n) is 7.95. The number of nitrogens with two attached hydrogens (primary N) is 1. The van der Waals surface area contributed by atoms with Gasteiger partial charge in [-0.15, -0.1) is 0 Å². The SMILES string of the molecule is CC1(C)CC(=O)C2=C(C1)NC(COCCN)=C(C(=O)O)C2c1ccccc1Cl. The molecule has 0 spiro atoms. The van der Waals surface area contributed by atoms with Crippen LogP contribution in [0, 0.1) is 5.41 Å². The first-order valence-corrected chi connectivity index (χ1v) is 9.65. The van der Waals surface area contributed by atoms with Gasteiger partial charge in [-0.1, -0.05) is 43.6 Å². The molecule has 0 radical (unpaired) electrons. The van der Waals surface area contributed by atoms with Crippen molar-refractivity contribution in [2.45, 2.75) is 32.6 Å². The average molecular weight is 405 g/mol. The van der Waals surface area contributed by atoms with Crippen LogP contribution in [0.3, 0.4) is 0 Å². The van der Waals surface area contributed by atoms with Crippen LogP contribution in [0.4, 0.5) is 0 Å². The fourth-order valence-corrected chi connectivity index (χ4v) is 4.24. The predicted molar refractivity (Wildman–Crippen MR) is 107 cm³/mol. The smallest absolute Gasteiger partial charge is 0.334 e. The molecular weight excluding hydrogens is 380 g/mol. The van der Waals surface area contributed by atoms with Crippen LogP contribution in [0.5, 0.6) is 0 Å². The Kier molecular flexibility index (Phi) is 5.93. The van der Waals surface area contributed by atoms with Gasteiger partial charge in [0.1, 0.15) is 0 Å². The number of hydrogen-bond acceptors (Lipinski definition) is 5. The van der Waals surface area contributed by atoms with E-state index < -0.39 is 11.9 Å². The summed E-state index contributed by atoms with van der Waals surface area (Å²) < 4.78 is 5.53. The maximum atomic E-state index is 13.1. The quantitative estimate of drug-likeness (QED) is 0.630. The van der Waals surface area contributed by atoms with Gasteiger partial charge in [0.15, 0.2) is 5.78 Å². The van der Waals surface area contributed by atoms with Gasteiger partial charge in [-0.2, -0.15) is 0 Å². The molecule has 1 aromatic rings. The third kappa shape index (κ3) is 3.99. The van der Waals surface area contributed by atoms with Crippen molar-refractivity contribution in [3.8, 4) is 0 Å². The van der Waals surface area contributed by atoms with E-state index in [1.54, 1.807) is 24.3 Å². The fourth-order valence-electron chi connectivity index (χ4n) is 3.99. The molecule has 0 saturated heterocycles. The molecule has 0 fully saturated rings. The lowest BCUT2D eigenvalue weighted by Crippen LogP contribution is -2.40. The van der Waals surface area contributed by atoms with E-state index in [9.17, 15) is 14.7 Å². The van der Waals surface area contributed by atoms with Crippen molar-refractivity contribution in [2.24, 2.45) is 11.1 Å². The summed E-state index contributed by atoms with van der Waals surface area (Å²) in [6.45, 7) is 4.78. The summed E-state index contributed by atoms with van der Waals surface area (Å²) in [5.74, 6) is -1.89. The number of carboxylic acid groups (broad SMARTS) is 1. The number of Topliss-reactive ketones (excluding diaryl/α,β-unsaturated/α-hetero) is 1. The maximum absolute atomic E-state index is 13.1. The monoisotopic (exact) mass is 404 g/mol. The molecule has 1 unspecified atom stereocenters. The summed E-state index contributed by atoms with van der Waals surface area (Å²) in [4.78, 5) is 25.3. The van der Waals surface area contributed by atoms with Crippen LogP contribution in [0.2, 0.25) is 5.02 Å². The molecule has 1 aliphatic carbocycles. The van der Waals surface area contributed by atoms with Crippen molar-refractivity contribution in [3.05, 3.63) is 57.4 Å². The Morgan fingerprint density at radius 1 is 1.36 bits per heavy atom. The van der Waals surface area contributed by atoms with E-state index >= 15 is 0 Å². The number of hydrogen-bond donors (Lipinski definition) is 3. The minimum Gasteiger partial charge on any atom is -0.478 e. The number of carbonyl (C=O) groups is 2. The number of ether oxygens (including phenoxy) is 1. The van der Waals surface area contributed by atoms with Crippen LogP contribution in [0.1, 0.15) is 38.2 Å². The van der Waals surface area contributed by atoms with Crippen LogP contribution in [-0.4, -0.2) is 36.6 Å². The number of allylic oxidation sites excluding steroid dienone is 2. The Bertz CT molecular complexity index is 873. The third-order valence-corrected chi connectivity index (χ3v) is 5.42. The topological polar surface area (TPSA) is 102 Å². The minimum atomic E-state index is -1.10. The zero-order valence-electron chi connectivity index (χ0n) is 16.0. The van der Waals surface area contributed by atoms with Crippen LogP contribution in [0.15, 0.2) is 46.8 Å². The number of aliphatic carboxylic acids is 1. The first-order chi connectivity index (χ1) is 13.2. The first-order valence-electron chi connectivity index (χ1n) is 9.27. The Hall–Kier alpha value is -2.15. The number of halogens is 1. The number of nitrogens with one attached hydrogen (secondary N) is 1. The van der Waals surface area contributed by atoms with E-state index in [2.05, 4.69) is 5.32 Å². The van der Waals surface area contributed by atoms with Crippen molar-refractivity contribution in [3.63, 3.8) is 0 Å². The second kappa shape index (κ2) is 8.07. The molecule has 0 saturated carbocycles. The molecule has 1 heterocycles. The van der Waals surface area contributed by atoms with E-state index in [0.29, 0.717) is 47.8 Å². The van der Waals surface area contributed by atoms with Gasteiger partial charge in [0.25, 0.3) is 0 Å². The fraction of sp³-hybridized carbons (Fsp3) is 0.429. The van der Waals surface area contributed by atoms with Crippen molar-refractivity contribution >= 4 is 23.4 Å². The van der Waals surface area contributed by atoms with E-state index in [1.165, 1.54) is 0 Å². The molecule has 0 amide bonds. The van der Waals surface area contributed by atoms with Gasteiger partial charge in [0, 0.05) is 35.2 Å². The van der Waals surface area contributed by atoms with E-state index in [4.69, 9.17) is 22.1 Å². The van der Waals surface area contributed by atoms with Crippen LogP contribution in [-0.2, 0) is 14.3 Å². The maximum Gasteiger partial charge on any atom is 0.334 e. The van der Waals surface area contributed by atoms with E-state index in [-0.39, 0.29) is 23.4 Å². The van der Waals surface area contributed by atoms with Gasteiger partial charge >= 0.3 is 5.97 Å². The number of rotatable bonds is 6. The summed E-state index contributed by atoms with van der Waals surface area (Å²) >= 11 is 6.42. The number of benzene rings is 1. The molecule has 0 aromatic heterocycles. The van der Waals surface area contributed by atoms with Crippen molar-refractivity contribution in [1.29, 1.82) is 0 Å². The second-order valence-corrected chi connectivity index (χ2v) is 8.36. The molecule has 1 aliphatic heterocycles. The molecule has 1 atom stereocenters. The van der Waals surface area contributed by atoms with Crippen LogP contribution >= 0.6 is 11.6 Å². The summed E-state index contributed by atoms with van der Waals surface area (Å²) in [6.07, 6.45) is 1.00. The average Bonchev–Trinajstić information content (AvgIpc) is 2.60.